The van der Waals surface area contributed by atoms with Gasteiger partial charge in [-0.15, -0.1) is 0 Å². The molecule has 0 aliphatic heterocycles. The van der Waals surface area contributed by atoms with Crippen LogP contribution < -0.4 is 0 Å². The highest BCUT2D eigenvalue weighted by Crippen LogP contribution is 2.22. The molecule has 0 aromatic carbocycles. The van der Waals surface area contributed by atoms with Gasteiger partial charge in [0, 0.05) is 0 Å². The molecule has 0 spiro atoms. The minimum Gasteiger partial charge on any atom is -0.275 e. The molecular weight excluding hydrogens is 238 g/mol. The number of halogens is 3. The number of carbonyl (C=O) groups excluding carboxylic acids is 1. The van der Waals surface area contributed by atoms with Crippen molar-refractivity contribution >= 4 is 32.0 Å². The van der Waals surface area contributed by atoms with Crippen LogP contribution in [0, 0.1) is 0 Å². The summed E-state index contributed by atoms with van der Waals surface area (Å²) in [6.45, 7) is 0. The molecule has 7 heteroatoms. The third kappa shape index (κ3) is 2.08. The average molecular weight is 241 g/mol. The van der Waals surface area contributed by atoms with E-state index in [2.05, 4.69) is 0 Å². The Kier molecular flexibility index (Phi) is 3.17. The number of carbonyl (C=O) groups is 1. The Hall–Kier alpha value is -1.01. The third-order valence-corrected chi connectivity index (χ3v) is 2.44. The van der Waals surface area contributed by atoms with Crippen LogP contribution >= 0.6 is 11.6 Å². The van der Waals surface area contributed by atoms with Crippen molar-refractivity contribution < 1.29 is 22.0 Å². The molecule has 1 aliphatic rings. The standard InChI is InChI=1S/C7H3ClF2O3S/c8-7(11)3-1-6(14(12)13)5(10)2-4(3)9/h1-2,5H. The van der Waals surface area contributed by atoms with Crippen LogP contribution in [-0.4, -0.2) is 24.7 Å². The fourth-order valence-electron chi connectivity index (χ4n) is 0.882. The zero-order valence-corrected chi connectivity index (χ0v) is 8.07. The maximum Gasteiger partial charge on any atom is 0.255 e. The predicted molar refractivity (Wildman–Crippen MR) is 47.0 cm³/mol. The first-order valence-corrected chi connectivity index (χ1v) is 4.78. The third-order valence-electron chi connectivity index (χ3n) is 1.51. The molecule has 0 fully saturated rings. The molecule has 0 saturated carbocycles. The molecule has 1 atom stereocenters. The lowest BCUT2D eigenvalue weighted by Gasteiger charge is -2.08. The fourth-order valence-corrected chi connectivity index (χ4v) is 1.49. The highest BCUT2D eigenvalue weighted by Gasteiger charge is 2.25. The van der Waals surface area contributed by atoms with Crippen LogP contribution in [0.2, 0.25) is 0 Å². The first-order valence-electron chi connectivity index (χ1n) is 3.33. The Balaban J connectivity index is 3.35. The highest BCUT2D eigenvalue weighted by molar-refractivity contribution is 7.73. The van der Waals surface area contributed by atoms with E-state index in [4.69, 9.17) is 11.6 Å². The number of hydrogen-bond donors (Lipinski definition) is 0. The van der Waals surface area contributed by atoms with E-state index >= 15 is 0 Å². The molecule has 0 amide bonds. The van der Waals surface area contributed by atoms with Gasteiger partial charge in [-0.3, -0.25) is 4.79 Å². The Bertz CT molecular complexity index is 467. The van der Waals surface area contributed by atoms with Gasteiger partial charge in [0.25, 0.3) is 5.24 Å². The molecule has 0 aromatic rings. The summed E-state index contributed by atoms with van der Waals surface area (Å²) in [5.74, 6) is -1.16. The van der Waals surface area contributed by atoms with Crippen LogP contribution in [0.15, 0.2) is 23.6 Å². The van der Waals surface area contributed by atoms with Crippen LogP contribution in [0.1, 0.15) is 0 Å². The molecule has 0 saturated heterocycles. The minimum atomic E-state index is -2.84. The van der Waals surface area contributed by atoms with Crippen molar-refractivity contribution in [2.45, 2.75) is 6.17 Å². The number of rotatable bonds is 1. The molecule has 1 rings (SSSR count). The lowest BCUT2D eigenvalue weighted by atomic mass is 10.1. The van der Waals surface area contributed by atoms with Crippen molar-refractivity contribution in [3.63, 3.8) is 0 Å². The van der Waals surface area contributed by atoms with Gasteiger partial charge >= 0.3 is 0 Å². The van der Waals surface area contributed by atoms with Crippen molar-refractivity contribution in [1.82, 2.24) is 0 Å². The Morgan fingerprint density at radius 2 is 2.07 bits per heavy atom. The molecule has 76 valence electrons. The Morgan fingerprint density at radius 3 is 2.50 bits per heavy atom. The summed E-state index contributed by atoms with van der Waals surface area (Å²) in [5.41, 5.74) is -0.653. The topological polar surface area (TPSA) is 51.2 Å². The van der Waals surface area contributed by atoms with Gasteiger partial charge in [0.1, 0.15) is 10.7 Å². The van der Waals surface area contributed by atoms with Crippen molar-refractivity contribution in [3.8, 4) is 0 Å². The smallest absolute Gasteiger partial charge is 0.255 e. The predicted octanol–water partition coefficient (Wildman–Crippen LogP) is 0.935. The van der Waals surface area contributed by atoms with Gasteiger partial charge < -0.3 is 0 Å². The lowest BCUT2D eigenvalue weighted by Crippen LogP contribution is -2.18. The van der Waals surface area contributed by atoms with Gasteiger partial charge in [-0.2, -0.15) is 8.42 Å². The van der Waals surface area contributed by atoms with Crippen LogP contribution in [0.4, 0.5) is 8.78 Å². The van der Waals surface area contributed by atoms with Gasteiger partial charge in [-0.05, 0) is 23.8 Å². The van der Waals surface area contributed by atoms with E-state index in [0.717, 1.165) is 0 Å². The highest BCUT2D eigenvalue weighted by atomic mass is 35.5. The molecule has 0 heterocycles. The summed E-state index contributed by atoms with van der Waals surface area (Å²) in [6.07, 6.45) is -1.12. The zero-order chi connectivity index (χ0) is 10.9. The van der Waals surface area contributed by atoms with Gasteiger partial charge in [-0.1, -0.05) is 0 Å². The average Bonchev–Trinajstić information content (AvgIpc) is 2.02. The second-order valence-electron chi connectivity index (χ2n) is 2.39. The van der Waals surface area contributed by atoms with Crippen LogP contribution in [0.3, 0.4) is 0 Å². The largest absolute Gasteiger partial charge is 0.275 e. The monoisotopic (exact) mass is 240 g/mol. The number of alkyl halides is 1. The molecule has 0 bridgehead atoms. The number of hydrogen-bond acceptors (Lipinski definition) is 3. The zero-order valence-electron chi connectivity index (χ0n) is 6.50. The van der Waals surface area contributed by atoms with Crippen LogP contribution in [0.5, 0.6) is 0 Å². The fraction of sp³-hybridized carbons (Fsp3) is 0.143. The van der Waals surface area contributed by atoms with Gasteiger partial charge in [-0.25, -0.2) is 8.78 Å². The van der Waals surface area contributed by atoms with Crippen molar-refractivity contribution in [3.05, 3.63) is 23.6 Å². The minimum absolute atomic E-state index is 0.376. The van der Waals surface area contributed by atoms with Crippen LogP contribution in [0.25, 0.3) is 0 Å². The van der Waals surface area contributed by atoms with Crippen LogP contribution in [-0.2, 0) is 15.1 Å². The molecule has 0 aromatic heterocycles. The summed E-state index contributed by atoms with van der Waals surface area (Å²) >= 11 is 4.94. The Labute approximate surface area is 84.2 Å². The first kappa shape index (κ1) is 11.1. The Morgan fingerprint density at radius 1 is 1.50 bits per heavy atom. The molecule has 1 aliphatic carbocycles. The van der Waals surface area contributed by atoms with E-state index in [1.807, 2.05) is 0 Å². The first-order chi connectivity index (χ1) is 6.43. The summed E-state index contributed by atoms with van der Waals surface area (Å²) in [4.78, 5) is 9.85. The maximum absolute atomic E-state index is 12.8. The quantitative estimate of drug-likeness (QED) is 0.506. The van der Waals surface area contributed by atoms with E-state index in [9.17, 15) is 22.0 Å². The van der Waals surface area contributed by atoms with Gasteiger partial charge in [0.2, 0.25) is 10.3 Å². The second-order valence-corrected chi connectivity index (χ2v) is 3.67. The second kappa shape index (κ2) is 4.02. The van der Waals surface area contributed by atoms with Crippen molar-refractivity contribution in [2.24, 2.45) is 0 Å². The number of allylic oxidation sites excluding steroid dienone is 4. The molecule has 0 radical (unpaired) electrons. The summed E-state index contributed by atoms with van der Waals surface area (Å²) in [5, 5.41) is -1.17. The van der Waals surface area contributed by atoms with Crippen molar-refractivity contribution in [2.75, 3.05) is 0 Å². The molecule has 1 unspecified atom stereocenters. The van der Waals surface area contributed by atoms with E-state index in [-0.39, 0.29) is 0 Å². The van der Waals surface area contributed by atoms with Gasteiger partial charge in [0.05, 0.1) is 5.57 Å². The lowest BCUT2D eigenvalue weighted by molar-refractivity contribution is -0.108. The SMILES string of the molecule is O=C(Cl)C1=CC(=S(=O)=O)C(F)C=C1F. The summed E-state index contributed by atoms with van der Waals surface area (Å²) in [6, 6.07) is 0. The van der Waals surface area contributed by atoms with E-state index in [0.29, 0.717) is 12.2 Å². The maximum atomic E-state index is 12.8. The molecular formula is C7H3ClF2O3S. The molecule has 14 heavy (non-hydrogen) atoms. The van der Waals surface area contributed by atoms with E-state index in [1.54, 1.807) is 0 Å². The summed E-state index contributed by atoms with van der Waals surface area (Å²) in [7, 11) is -2.84. The normalized spacial score (nSPS) is 21.4. The van der Waals surface area contributed by atoms with Crippen molar-refractivity contribution in [1.29, 1.82) is 0 Å². The summed E-state index contributed by atoms with van der Waals surface area (Å²) < 4.78 is 46.5. The van der Waals surface area contributed by atoms with E-state index in [1.165, 1.54) is 0 Å². The molecule has 3 nitrogen and oxygen atoms in total. The van der Waals surface area contributed by atoms with Gasteiger partial charge in [0.15, 0.2) is 6.17 Å². The van der Waals surface area contributed by atoms with E-state index < -0.39 is 38.0 Å². The molecule has 0 N–H and O–H groups in total.